The normalized spacial score (nSPS) is 23.9. The van der Waals surface area contributed by atoms with Crippen molar-refractivity contribution in [3.05, 3.63) is 30.1 Å². The number of para-hydroxylation sites is 1. The first-order valence-corrected chi connectivity index (χ1v) is 6.03. The molecule has 1 atom stereocenters. The molecule has 1 aliphatic heterocycles. The zero-order valence-corrected chi connectivity index (χ0v) is 10.1. The van der Waals surface area contributed by atoms with Gasteiger partial charge in [-0.15, -0.1) is 0 Å². The summed E-state index contributed by atoms with van der Waals surface area (Å²) in [6, 6.07) is 6.48. The summed E-state index contributed by atoms with van der Waals surface area (Å²) in [7, 11) is 0. The van der Waals surface area contributed by atoms with Crippen LogP contribution < -0.4 is 15.4 Å². The van der Waals surface area contributed by atoms with Crippen molar-refractivity contribution in [1.29, 1.82) is 0 Å². The third kappa shape index (κ3) is 3.41. The first kappa shape index (κ1) is 12.3. The lowest BCUT2D eigenvalue weighted by Gasteiger charge is -2.24. The predicted molar refractivity (Wildman–Crippen MR) is 65.8 cm³/mol. The van der Waals surface area contributed by atoms with Crippen molar-refractivity contribution in [2.45, 2.75) is 18.9 Å². The first-order valence-electron chi connectivity index (χ1n) is 6.03. The summed E-state index contributed by atoms with van der Waals surface area (Å²) >= 11 is 0. The van der Waals surface area contributed by atoms with Gasteiger partial charge in [-0.2, -0.15) is 0 Å². The molecule has 0 saturated carbocycles. The van der Waals surface area contributed by atoms with E-state index in [1.54, 1.807) is 18.2 Å². The van der Waals surface area contributed by atoms with Crippen LogP contribution in [0.4, 0.5) is 4.39 Å². The fourth-order valence-corrected chi connectivity index (χ4v) is 2.04. The van der Waals surface area contributed by atoms with Crippen LogP contribution >= 0.6 is 0 Å². The molecule has 3 nitrogen and oxygen atoms in total. The van der Waals surface area contributed by atoms with E-state index in [9.17, 15) is 4.39 Å². The lowest BCUT2D eigenvalue weighted by molar-refractivity contribution is 0.273. The van der Waals surface area contributed by atoms with Crippen molar-refractivity contribution in [3.8, 4) is 5.75 Å². The Balaban J connectivity index is 1.71. The minimum absolute atomic E-state index is 0.151. The predicted octanol–water partition coefficient (Wildman–Crippen LogP) is 1.55. The average Bonchev–Trinajstić information content (AvgIpc) is 2.74. The second kappa shape index (κ2) is 5.47. The molecule has 0 bridgehead atoms. The van der Waals surface area contributed by atoms with Gasteiger partial charge in [0.15, 0.2) is 11.6 Å². The zero-order valence-electron chi connectivity index (χ0n) is 10.1. The van der Waals surface area contributed by atoms with E-state index in [2.05, 4.69) is 17.6 Å². The second-order valence-electron chi connectivity index (χ2n) is 4.69. The first-order chi connectivity index (χ1) is 8.20. The fourth-order valence-electron chi connectivity index (χ4n) is 2.04. The molecular weight excluding hydrogens is 219 g/mol. The van der Waals surface area contributed by atoms with Crippen LogP contribution in [0.1, 0.15) is 13.3 Å². The minimum Gasteiger partial charge on any atom is -0.489 e. The Morgan fingerprint density at radius 1 is 1.47 bits per heavy atom. The van der Waals surface area contributed by atoms with Crippen LogP contribution in [-0.2, 0) is 0 Å². The van der Waals surface area contributed by atoms with Gasteiger partial charge >= 0.3 is 0 Å². The molecule has 2 N–H and O–H groups in total. The Morgan fingerprint density at radius 3 is 3.00 bits per heavy atom. The summed E-state index contributed by atoms with van der Waals surface area (Å²) in [5, 5.41) is 6.75. The van der Waals surface area contributed by atoms with Crippen LogP contribution in [-0.4, -0.2) is 31.8 Å². The van der Waals surface area contributed by atoms with Gasteiger partial charge in [-0.3, -0.25) is 0 Å². The number of nitrogens with one attached hydrogen (secondary N) is 2. The number of halogens is 1. The molecule has 0 amide bonds. The maximum absolute atomic E-state index is 13.2. The van der Waals surface area contributed by atoms with Crippen LogP contribution in [0.15, 0.2) is 24.3 Å². The van der Waals surface area contributed by atoms with Gasteiger partial charge in [0.1, 0.15) is 6.61 Å². The summed E-state index contributed by atoms with van der Waals surface area (Å²) in [5.74, 6) is 0.0187. The highest BCUT2D eigenvalue weighted by molar-refractivity contribution is 5.23. The van der Waals surface area contributed by atoms with Crippen LogP contribution in [0.25, 0.3) is 0 Å². The standard InChI is InChI=1S/C13H19FN2O/c1-13(6-7-15-10-13)16-8-9-17-12-5-3-2-4-11(12)14/h2-5,15-16H,6-10H2,1H3. The summed E-state index contributed by atoms with van der Waals surface area (Å²) < 4.78 is 18.6. The third-order valence-corrected chi connectivity index (χ3v) is 3.12. The highest BCUT2D eigenvalue weighted by atomic mass is 19.1. The smallest absolute Gasteiger partial charge is 0.165 e. The Kier molecular flexibility index (Phi) is 3.97. The lowest BCUT2D eigenvalue weighted by Crippen LogP contribution is -2.45. The van der Waals surface area contributed by atoms with Crippen molar-refractivity contribution in [1.82, 2.24) is 10.6 Å². The molecular formula is C13H19FN2O. The molecule has 1 saturated heterocycles. The maximum atomic E-state index is 13.2. The number of benzene rings is 1. The third-order valence-electron chi connectivity index (χ3n) is 3.12. The van der Waals surface area contributed by atoms with E-state index in [0.717, 1.165) is 26.1 Å². The van der Waals surface area contributed by atoms with E-state index in [0.29, 0.717) is 12.4 Å². The molecule has 17 heavy (non-hydrogen) atoms. The van der Waals surface area contributed by atoms with Gasteiger partial charge in [0.05, 0.1) is 0 Å². The van der Waals surface area contributed by atoms with Crippen molar-refractivity contribution in [3.63, 3.8) is 0 Å². The second-order valence-corrected chi connectivity index (χ2v) is 4.69. The van der Waals surface area contributed by atoms with Crippen LogP contribution in [0.5, 0.6) is 5.75 Å². The van der Waals surface area contributed by atoms with E-state index in [1.165, 1.54) is 6.07 Å². The minimum atomic E-state index is -0.304. The highest BCUT2D eigenvalue weighted by Crippen LogP contribution is 2.15. The van der Waals surface area contributed by atoms with Crippen LogP contribution in [0, 0.1) is 5.82 Å². The molecule has 1 aromatic carbocycles. The summed E-state index contributed by atoms with van der Waals surface area (Å²) in [4.78, 5) is 0. The highest BCUT2D eigenvalue weighted by Gasteiger charge is 2.27. The molecule has 0 aromatic heterocycles. The van der Waals surface area contributed by atoms with Gasteiger partial charge < -0.3 is 15.4 Å². The Bertz CT molecular complexity index is 364. The Labute approximate surface area is 101 Å². The van der Waals surface area contributed by atoms with Gasteiger partial charge in [-0.05, 0) is 32.0 Å². The molecule has 0 radical (unpaired) electrons. The Hall–Kier alpha value is -1.13. The van der Waals surface area contributed by atoms with E-state index in [1.807, 2.05) is 0 Å². The van der Waals surface area contributed by atoms with E-state index in [-0.39, 0.29) is 11.4 Å². The van der Waals surface area contributed by atoms with Gasteiger partial charge in [0, 0.05) is 18.6 Å². The largest absolute Gasteiger partial charge is 0.489 e. The van der Waals surface area contributed by atoms with Crippen molar-refractivity contribution in [2.75, 3.05) is 26.2 Å². The number of rotatable bonds is 5. The fraction of sp³-hybridized carbons (Fsp3) is 0.538. The Morgan fingerprint density at radius 2 is 2.29 bits per heavy atom. The van der Waals surface area contributed by atoms with Crippen LogP contribution in [0.3, 0.4) is 0 Å². The molecule has 4 heteroatoms. The number of hydrogen-bond acceptors (Lipinski definition) is 3. The molecule has 1 aliphatic rings. The summed E-state index contributed by atoms with van der Waals surface area (Å²) in [6.45, 7) is 5.43. The zero-order chi connectivity index (χ0) is 12.1. The summed E-state index contributed by atoms with van der Waals surface area (Å²) in [6.07, 6.45) is 1.12. The molecule has 1 heterocycles. The van der Waals surface area contributed by atoms with Gasteiger partial charge in [0.2, 0.25) is 0 Å². The number of ether oxygens (including phenoxy) is 1. The van der Waals surface area contributed by atoms with Gasteiger partial charge in [0.25, 0.3) is 0 Å². The molecule has 1 fully saturated rings. The van der Waals surface area contributed by atoms with Crippen molar-refractivity contribution >= 4 is 0 Å². The molecule has 0 spiro atoms. The summed E-state index contributed by atoms with van der Waals surface area (Å²) in [5.41, 5.74) is 0.151. The lowest BCUT2D eigenvalue weighted by atomic mass is 10.0. The average molecular weight is 238 g/mol. The molecule has 94 valence electrons. The number of hydrogen-bond donors (Lipinski definition) is 2. The van der Waals surface area contributed by atoms with Crippen LogP contribution in [0.2, 0.25) is 0 Å². The van der Waals surface area contributed by atoms with Gasteiger partial charge in [-0.25, -0.2) is 4.39 Å². The van der Waals surface area contributed by atoms with Crippen molar-refractivity contribution < 1.29 is 9.13 Å². The molecule has 0 aliphatic carbocycles. The monoisotopic (exact) mass is 238 g/mol. The molecule has 1 unspecified atom stereocenters. The molecule has 1 aromatic rings. The maximum Gasteiger partial charge on any atom is 0.165 e. The topological polar surface area (TPSA) is 33.3 Å². The van der Waals surface area contributed by atoms with E-state index in [4.69, 9.17) is 4.74 Å². The molecule has 2 rings (SSSR count). The SMILES string of the molecule is CC1(NCCOc2ccccc2F)CCNC1. The van der Waals surface area contributed by atoms with E-state index < -0.39 is 0 Å². The van der Waals surface area contributed by atoms with E-state index >= 15 is 0 Å². The quantitative estimate of drug-likeness (QED) is 0.764. The van der Waals surface area contributed by atoms with Crippen molar-refractivity contribution in [2.24, 2.45) is 0 Å². The van der Waals surface area contributed by atoms with Gasteiger partial charge in [-0.1, -0.05) is 12.1 Å².